The normalized spacial score (nSPS) is 21.2. The van der Waals surface area contributed by atoms with E-state index in [1.807, 2.05) is 36.6 Å². The second kappa shape index (κ2) is 3.70. The van der Waals surface area contributed by atoms with Crippen LogP contribution in [-0.4, -0.2) is 4.98 Å². The number of rotatable bonds is 0. The quantitative estimate of drug-likeness (QED) is 0.689. The van der Waals surface area contributed by atoms with Crippen LogP contribution in [0, 0.1) is 0 Å². The van der Waals surface area contributed by atoms with Crippen LogP contribution in [0.4, 0.5) is 5.82 Å². The van der Waals surface area contributed by atoms with E-state index < -0.39 is 0 Å². The second-order valence-electron chi connectivity index (χ2n) is 3.59. The average Bonchev–Trinajstić information content (AvgIpc) is 2.39. The number of hydrogen-bond acceptors (Lipinski definition) is 3. The van der Waals surface area contributed by atoms with Crippen molar-refractivity contribution in [1.82, 2.24) is 10.3 Å². The van der Waals surface area contributed by atoms with Crippen molar-refractivity contribution in [2.24, 2.45) is 0 Å². The fourth-order valence-electron chi connectivity index (χ4n) is 1.72. The Morgan fingerprint density at radius 3 is 2.88 bits per heavy atom. The summed E-state index contributed by atoms with van der Waals surface area (Å²) in [5, 5.41) is 6.49. The molecule has 78 valence electrons. The third-order valence-electron chi connectivity index (χ3n) is 2.52. The van der Waals surface area contributed by atoms with E-state index in [2.05, 4.69) is 27.8 Å². The monoisotopic (exact) mass is 209 g/mol. The van der Waals surface area contributed by atoms with E-state index in [4.69, 9.17) is 0 Å². The van der Waals surface area contributed by atoms with Gasteiger partial charge in [-0.25, -0.2) is 4.98 Å². The number of allylic oxidation sites excluding steroid dienone is 4. The molecule has 0 bridgehead atoms. The van der Waals surface area contributed by atoms with Crippen molar-refractivity contribution >= 4 is 11.9 Å². The van der Waals surface area contributed by atoms with Gasteiger partial charge in [-0.3, -0.25) is 0 Å². The van der Waals surface area contributed by atoms with Gasteiger partial charge in [0.15, 0.2) is 0 Å². The van der Waals surface area contributed by atoms with Gasteiger partial charge >= 0.3 is 0 Å². The molecule has 1 aromatic rings. The molecule has 0 unspecified atom stereocenters. The zero-order valence-electron chi connectivity index (χ0n) is 8.64. The van der Waals surface area contributed by atoms with Crippen molar-refractivity contribution in [2.45, 2.75) is 0 Å². The minimum absolute atomic E-state index is 0.900. The Bertz CT molecular complexity index is 536. The van der Waals surface area contributed by atoms with E-state index in [0.29, 0.717) is 0 Å². The van der Waals surface area contributed by atoms with Crippen LogP contribution in [0.1, 0.15) is 5.56 Å². The fraction of sp³-hybridized carbons (Fsp3) is 0. The van der Waals surface area contributed by atoms with Crippen molar-refractivity contribution in [1.29, 1.82) is 0 Å². The average molecular weight is 209 g/mol. The summed E-state index contributed by atoms with van der Waals surface area (Å²) in [6.07, 6.45) is 13.8. The molecule has 0 spiro atoms. The van der Waals surface area contributed by atoms with E-state index in [-0.39, 0.29) is 0 Å². The lowest BCUT2D eigenvalue weighted by Crippen LogP contribution is -2.14. The topological polar surface area (TPSA) is 37.0 Å². The van der Waals surface area contributed by atoms with Crippen molar-refractivity contribution in [2.75, 3.05) is 5.32 Å². The van der Waals surface area contributed by atoms with Crippen LogP contribution >= 0.6 is 0 Å². The number of hydrogen-bond donors (Lipinski definition) is 2. The first-order chi connectivity index (χ1) is 7.93. The summed E-state index contributed by atoms with van der Waals surface area (Å²) < 4.78 is 0. The summed E-state index contributed by atoms with van der Waals surface area (Å²) in [6.45, 7) is 0. The SMILES string of the molecule is C1=CNC(=C2C=Cc3cccnc3N2)C=C1. The molecule has 0 amide bonds. The van der Waals surface area contributed by atoms with E-state index in [0.717, 1.165) is 22.8 Å². The lowest BCUT2D eigenvalue weighted by atomic mass is 10.1. The third-order valence-corrected chi connectivity index (χ3v) is 2.52. The summed E-state index contributed by atoms with van der Waals surface area (Å²) >= 11 is 0. The minimum atomic E-state index is 0.900. The van der Waals surface area contributed by atoms with Gasteiger partial charge < -0.3 is 10.6 Å². The molecule has 0 atom stereocenters. The number of pyridine rings is 1. The summed E-state index contributed by atoms with van der Waals surface area (Å²) in [7, 11) is 0. The molecule has 16 heavy (non-hydrogen) atoms. The fourth-order valence-corrected chi connectivity index (χ4v) is 1.72. The van der Waals surface area contributed by atoms with E-state index in [1.54, 1.807) is 6.20 Å². The molecular weight excluding hydrogens is 198 g/mol. The molecule has 0 saturated carbocycles. The lowest BCUT2D eigenvalue weighted by Gasteiger charge is -2.17. The highest BCUT2D eigenvalue weighted by molar-refractivity contribution is 5.72. The van der Waals surface area contributed by atoms with Crippen LogP contribution in [0.15, 0.2) is 60.2 Å². The van der Waals surface area contributed by atoms with Crippen LogP contribution in [0.3, 0.4) is 0 Å². The van der Waals surface area contributed by atoms with Gasteiger partial charge in [-0.2, -0.15) is 0 Å². The number of fused-ring (bicyclic) bond motifs is 1. The Hall–Kier alpha value is -2.29. The van der Waals surface area contributed by atoms with Crippen molar-refractivity contribution < 1.29 is 0 Å². The first-order valence-corrected chi connectivity index (χ1v) is 5.18. The molecule has 0 fully saturated rings. The molecule has 2 N–H and O–H groups in total. The molecule has 2 aliphatic heterocycles. The maximum Gasteiger partial charge on any atom is 0.137 e. The molecule has 3 rings (SSSR count). The highest BCUT2D eigenvalue weighted by Gasteiger charge is 2.10. The van der Waals surface area contributed by atoms with Gasteiger partial charge in [0.05, 0.1) is 11.4 Å². The molecule has 1 aromatic heterocycles. The Labute approximate surface area is 93.9 Å². The smallest absolute Gasteiger partial charge is 0.137 e. The van der Waals surface area contributed by atoms with Gasteiger partial charge in [-0.15, -0.1) is 0 Å². The standard InChI is InChI=1S/C13H11N3/c1-2-8-14-11(5-1)12-7-6-10-4-3-9-15-13(10)16-12/h1-9,14H,(H,15,16). The zero-order valence-corrected chi connectivity index (χ0v) is 8.64. The molecule has 2 aliphatic rings. The molecular formula is C13H11N3. The van der Waals surface area contributed by atoms with Crippen molar-refractivity contribution in [3.63, 3.8) is 0 Å². The molecule has 0 aliphatic carbocycles. The maximum atomic E-state index is 4.30. The molecule has 3 nitrogen and oxygen atoms in total. The van der Waals surface area contributed by atoms with Crippen LogP contribution in [0.25, 0.3) is 6.08 Å². The Balaban J connectivity index is 1.99. The van der Waals surface area contributed by atoms with Gasteiger partial charge in [-0.05, 0) is 36.4 Å². The molecule has 3 heteroatoms. The number of nitrogens with one attached hydrogen (secondary N) is 2. The summed E-state index contributed by atoms with van der Waals surface area (Å²) in [6, 6.07) is 3.97. The molecule has 0 saturated heterocycles. The van der Waals surface area contributed by atoms with Gasteiger partial charge in [0.1, 0.15) is 5.82 Å². The molecule has 0 aromatic carbocycles. The summed E-state index contributed by atoms with van der Waals surface area (Å²) in [5.41, 5.74) is 3.20. The van der Waals surface area contributed by atoms with E-state index >= 15 is 0 Å². The number of dihydropyridines is 1. The largest absolute Gasteiger partial charge is 0.360 e. The van der Waals surface area contributed by atoms with Gasteiger partial charge in [0.2, 0.25) is 0 Å². The third kappa shape index (κ3) is 1.52. The Morgan fingerprint density at radius 2 is 2.00 bits per heavy atom. The number of aromatic nitrogens is 1. The van der Waals surface area contributed by atoms with Crippen LogP contribution < -0.4 is 10.6 Å². The zero-order chi connectivity index (χ0) is 10.8. The minimum Gasteiger partial charge on any atom is -0.360 e. The highest BCUT2D eigenvalue weighted by Crippen LogP contribution is 2.23. The first-order valence-electron chi connectivity index (χ1n) is 5.18. The van der Waals surface area contributed by atoms with E-state index in [9.17, 15) is 0 Å². The Morgan fingerprint density at radius 1 is 1.00 bits per heavy atom. The number of anilines is 1. The molecule has 0 radical (unpaired) electrons. The second-order valence-corrected chi connectivity index (χ2v) is 3.59. The van der Waals surface area contributed by atoms with Crippen LogP contribution in [-0.2, 0) is 0 Å². The first kappa shape index (κ1) is 8.97. The molecule has 3 heterocycles. The Kier molecular flexibility index (Phi) is 2.07. The number of nitrogens with zero attached hydrogens (tertiary/aromatic N) is 1. The van der Waals surface area contributed by atoms with Crippen molar-refractivity contribution in [3.8, 4) is 0 Å². The van der Waals surface area contributed by atoms with Gasteiger partial charge in [-0.1, -0.05) is 6.08 Å². The van der Waals surface area contributed by atoms with E-state index in [1.165, 1.54) is 0 Å². The maximum absolute atomic E-state index is 4.30. The van der Waals surface area contributed by atoms with Crippen LogP contribution in [0.5, 0.6) is 0 Å². The lowest BCUT2D eigenvalue weighted by molar-refractivity contribution is 1.06. The van der Waals surface area contributed by atoms with Gasteiger partial charge in [0.25, 0.3) is 0 Å². The predicted molar refractivity (Wildman–Crippen MR) is 65.3 cm³/mol. The summed E-state index contributed by atoms with van der Waals surface area (Å²) in [4.78, 5) is 4.30. The van der Waals surface area contributed by atoms with Crippen molar-refractivity contribution in [3.05, 3.63) is 65.8 Å². The van der Waals surface area contributed by atoms with Gasteiger partial charge in [0, 0.05) is 18.0 Å². The summed E-state index contributed by atoms with van der Waals surface area (Å²) in [5.74, 6) is 0.900. The van der Waals surface area contributed by atoms with Crippen LogP contribution in [0.2, 0.25) is 0 Å². The highest BCUT2D eigenvalue weighted by atomic mass is 15.0. The predicted octanol–water partition coefficient (Wildman–Crippen LogP) is 2.41.